The Bertz CT molecular complexity index is 1010. The number of ether oxygens (including phenoxy) is 2. The summed E-state index contributed by atoms with van der Waals surface area (Å²) in [7, 11) is 1.66. The Balaban J connectivity index is 1.36. The van der Waals surface area contributed by atoms with Gasteiger partial charge >= 0.3 is 0 Å². The SMILES string of the molecule is COc1ccccc1-c1noc(CN(Cc2ccc3c(c2)CCO3)C2CCCC2)n1. The van der Waals surface area contributed by atoms with Crippen LogP contribution in [0.1, 0.15) is 42.7 Å². The first-order valence-electron chi connectivity index (χ1n) is 10.7. The van der Waals surface area contributed by atoms with Crippen molar-refractivity contribution in [1.82, 2.24) is 15.0 Å². The van der Waals surface area contributed by atoms with Crippen LogP contribution in [0.5, 0.6) is 11.5 Å². The summed E-state index contributed by atoms with van der Waals surface area (Å²) in [5.74, 6) is 3.00. The van der Waals surface area contributed by atoms with Gasteiger partial charge in [-0.15, -0.1) is 0 Å². The second kappa shape index (κ2) is 8.48. The highest BCUT2D eigenvalue weighted by Gasteiger charge is 2.25. The number of hydrogen-bond acceptors (Lipinski definition) is 6. The van der Waals surface area contributed by atoms with E-state index in [-0.39, 0.29) is 0 Å². The Labute approximate surface area is 176 Å². The molecule has 3 aromatic rings. The lowest BCUT2D eigenvalue weighted by atomic mass is 10.1. The third-order valence-corrected chi connectivity index (χ3v) is 6.13. The molecule has 0 unspecified atom stereocenters. The second-order valence-electron chi connectivity index (χ2n) is 8.10. The third kappa shape index (κ3) is 3.92. The Hall–Kier alpha value is -2.86. The molecule has 0 spiro atoms. The zero-order chi connectivity index (χ0) is 20.3. The van der Waals surface area contributed by atoms with Crippen molar-refractivity contribution in [2.75, 3.05) is 13.7 Å². The molecule has 1 fully saturated rings. The van der Waals surface area contributed by atoms with Gasteiger partial charge in [-0.25, -0.2) is 0 Å². The average Bonchev–Trinajstić information content (AvgIpc) is 3.54. The highest BCUT2D eigenvalue weighted by molar-refractivity contribution is 5.63. The number of benzene rings is 2. The fourth-order valence-electron chi connectivity index (χ4n) is 4.59. The molecule has 0 N–H and O–H groups in total. The Morgan fingerprint density at radius 1 is 1.10 bits per heavy atom. The van der Waals surface area contributed by atoms with E-state index in [0.29, 0.717) is 24.3 Å². The molecule has 2 aliphatic rings. The summed E-state index contributed by atoms with van der Waals surface area (Å²) in [6.07, 6.45) is 6.02. The van der Waals surface area contributed by atoms with Crippen molar-refractivity contribution in [3.8, 4) is 22.9 Å². The Morgan fingerprint density at radius 2 is 1.97 bits per heavy atom. The van der Waals surface area contributed by atoms with Crippen molar-refractivity contribution in [3.63, 3.8) is 0 Å². The zero-order valence-electron chi connectivity index (χ0n) is 17.3. The van der Waals surface area contributed by atoms with Gasteiger partial charge in [-0.1, -0.05) is 42.3 Å². The van der Waals surface area contributed by atoms with E-state index in [4.69, 9.17) is 14.0 Å². The molecule has 0 bridgehead atoms. The largest absolute Gasteiger partial charge is 0.496 e. The topological polar surface area (TPSA) is 60.6 Å². The minimum absolute atomic E-state index is 0.552. The second-order valence-corrected chi connectivity index (χ2v) is 8.10. The number of fused-ring (bicyclic) bond motifs is 1. The van der Waals surface area contributed by atoms with Crippen LogP contribution in [0.2, 0.25) is 0 Å². The molecule has 0 atom stereocenters. The molecule has 0 saturated heterocycles. The van der Waals surface area contributed by atoms with E-state index in [1.807, 2.05) is 24.3 Å². The minimum Gasteiger partial charge on any atom is -0.496 e. The third-order valence-electron chi connectivity index (χ3n) is 6.13. The van der Waals surface area contributed by atoms with Crippen molar-refractivity contribution in [1.29, 1.82) is 0 Å². The maximum atomic E-state index is 5.66. The lowest BCUT2D eigenvalue weighted by molar-refractivity contribution is 0.158. The molecule has 1 aliphatic carbocycles. The van der Waals surface area contributed by atoms with E-state index >= 15 is 0 Å². The molecule has 1 aliphatic heterocycles. The lowest BCUT2D eigenvalue weighted by Gasteiger charge is -2.27. The van der Waals surface area contributed by atoms with Crippen LogP contribution in [0.4, 0.5) is 0 Å². The van der Waals surface area contributed by atoms with E-state index in [1.54, 1.807) is 7.11 Å². The van der Waals surface area contributed by atoms with Crippen molar-refractivity contribution in [2.45, 2.75) is 51.2 Å². The van der Waals surface area contributed by atoms with Gasteiger partial charge in [-0.3, -0.25) is 4.90 Å². The van der Waals surface area contributed by atoms with E-state index in [2.05, 4.69) is 33.2 Å². The molecule has 0 radical (unpaired) electrons. The molecule has 1 aromatic heterocycles. The molecule has 5 rings (SSSR count). The molecule has 2 aromatic carbocycles. The molecule has 2 heterocycles. The molecule has 0 amide bonds. The summed E-state index contributed by atoms with van der Waals surface area (Å²) in [6.45, 7) is 2.32. The minimum atomic E-state index is 0.552. The zero-order valence-corrected chi connectivity index (χ0v) is 17.3. The van der Waals surface area contributed by atoms with Crippen molar-refractivity contribution in [2.24, 2.45) is 0 Å². The van der Waals surface area contributed by atoms with Crippen LogP contribution < -0.4 is 9.47 Å². The van der Waals surface area contributed by atoms with E-state index in [0.717, 1.165) is 36.6 Å². The fourth-order valence-corrected chi connectivity index (χ4v) is 4.59. The van der Waals surface area contributed by atoms with Gasteiger partial charge in [0.05, 0.1) is 25.8 Å². The van der Waals surface area contributed by atoms with Crippen LogP contribution in [0, 0.1) is 0 Å². The average molecular weight is 405 g/mol. The van der Waals surface area contributed by atoms with Crippen LogP contribution in [0.15, 0.2) is 47.0 Å². The monoisotopic (exact) mass is 405 g/mol. The van der Waals surface area contributed by atoms with Crippen LogP contribution in [0.25, 0.3) is 11.4 Å². The highest BCUT2D eigenvalue weighted by atomic mass is 16.5. The maximum absolute atomic E-state index is 5.66. The number of nitrogens with zero attached hydrogens (tertiary/aromatic N) is 3. The summed E-state index contributed by atoms with van der Waals surface area (Å²) in [5.41, 5.74) is 3.48. The van der Waals surface area contributed by atoms with E-state index < -0.39 is 0 Å². The van der Waals surface area contributed by atoms with Crippen LogP contribution in [0.3, 0.4) is 0 Å². The maximum Gasteiger partial charge on any atom is 0.241 e. The Kier molecular flexibility index (Phi) is 5.41. The Morgan fingerprint density at radius 3 is 2.83 bits per heavy atom. The molecule has 6 heteroatoms. The van der Waals surface area contributed by atoms with Crippen molar-refractivity contribution >= 4 is 0 Å². The number of methoxy groups -OCH3 is 1. The predicted octanol–water partition coefficient (Wildman–Crippen LogP) is 4.62. The van der Waals surface area contributed by atoms with Gasteiger partial charge in [-0.05, 0) is 42.2 Å². The van der Waals surface area contributed by atoms with Gasteiger partial charge in [0.1, 0.15) is 11.5 Å². The summed E-state index contributed by atoms with van der Waals surface area (Å²) in [5, 5.41) is 4.22. The quantitative estimate of drug-likeness (QED) is 0.571. The number of para-hydroxylation sites is 1. The van der Waals surface area contributed by atoms with Gasteiger partial charge in [0.25, 0.3) is 0 Å². The summed E-state index contributed by atoms with van der Waals surface area (Å²) in [6, 6.07) is 14.9. The first kappa shape index (κ1) is 19.1. The molecule has 156 valence electrons. The van der Waals surface area contributed by atoms with E-state index in [1.165, 1.54) is 36.8 Å². The van der Waals surface area contributed by atoms with Gasteiger partial charge in [0.2, 0.25) is 11.7 Å². The van der Waals surface area contributed by atoms with Gasteiger partial charge in [0.15, 0.2) is 0 Å². The predicted molar refractivity (Wildman–Crippen MR) is 113 cm³/mol. The van der Waals surface area contributed by atoms with Gasteiger partial charge < -0.3 is 14.0 Å². The smallest absolute Gasteiger partial charge is 0.241 e. The first-order valence-corrected chi connectivity index (χ1v) is 10.7. The summed E-state index contributed by atoms with van der Waals surface area (Å²) in [4.78, 5) is 7.17. The van der Waals surface area contributed by atoms with Gasteiger partial charge in [0, 0.05) is 19.0 Å². The van der Waals surface area contributed by atoms with E-state index in [9.17, 15) is 0 Å². The first-order chi connectivity index (χ1) is 14.8. The molecule has 6 nitrogen and oxygen atoms in total. The number of rotatable bonds is 7. The van der Waals surface area contributed by atoms with Crippen molar-refractivity contribution in [3.05, 3.63) is 59.5 Å². The summed E-state index contributed by atoms with van der Waals surface area (Å²) < 4.78 is 16.7. The van der Waals surface area contributed by atoms with Crippen LogP contribution >= 0.6 is 0 Å². The molecular formula is C24H27N3O3. The fraction of sp³-hybridized carbons (Fsp3) is 0.417. The van der Waals surface area contributed by atoms with Crippen molar-refractivity contribution < 1.29 is 14.0 Å². The number of aromatic nitrogens is 2. The normalized spacial score (nSPS) is 16.1. The summed E-state index contributed by atoms with van der Waals surface area (Å²) >= 11 is 0. The highest BCUT2D eigenvalue weighted by Crippen LogP contribution is 2.31. The molecule has 1 saturated carbocycles. The van der Waals surface area contributed by atoms with Crippen LogP contribution in [-0.2, 0) is 19.5 Å². The number of hydrogen-bond donors (Lipinski definition) is 0. The lowest BCUT2D eigenvalue weighted by Crippen LogP contribution is -2.32. The molecular weight excluding hydrogens is 378 g/mol. The standard InChI is InChI=1S/C24H27N3O3/c1-28-22-9-5-4-8-20(22)24-25-23(30-26-24)16-27(19-6-2-3-7-19)15-17-10-11-21-18(14-17)12-13-29-21/h4-5,8-11,14,19H,2-3,6-7,12-13,15-16H2,1H3. The molecule has 30 heavy (non-hydrogen) atoms. The van der Waals surface area contributed by atoms with Crippen LogP contribution in [-0.4, -0.2) is 34.8 Å². The van der Waals surface area contributed by atoms with Gasteiger partial charge in [-0.2, -0.15) is 4.98 Å².